The Morgan fingerprint density at radius 2 is 2.03 bits per heavy atom. The van der Waals surface area contributed by atoms with Gasteiger partial charge in [0.1, 0.15) is 5.83 Å². The number of aromatic nitrogens is 1. The lowest BCUT2D eigenvalue weighted by atomic mass is 9.96. The van der Waals surface area contributed by atoms with E-state index in [1.165, 1.54) is 11.3 Å². The summed E-state index contributed by atoms with van der Waals surface area (Å²) in [4.78, 5) is 0. The van der Waals surface area contributed by atoms with Crippen molar-refractivity contribution in [2.24, 2.45) is 0 Å². The number of nitrogens with two attached hydrogens (primary N) is 1. The topological polar surface area (TPSA) is 54.8 Å². The van der Waals surface area contributed by atoms with E-state index in [0.717, 1.165) is 34.9 Å². The summed E-state index contributed by atoms with van der Waals surface area (Å²) < 4.78 is 16.4. The van der Waals surface area contributed by atoms with E-state index in [2.05, 4.69) is 31.9 Å². The van der Waals surface area contributed by atoms with E-state index in [4.69, 9.17) is 11.1 Å². The van der Waals surface area contributed by atoms with Crippen LogP contribution in [0.2, 0.25) is 0 Å². The van der Waals surface area contributed by atoms with E-state index in [1.54, 1.807) is 13.0 Å². The number of halogens is 1. The van der Waals surface area contributed by atoms with Crippen LogP contribution in [-0.4, -0.2) is 10.3 Å². The number of rotatable bonds is 6. The van der Waals surface area contributed by atoms with Gasteiger partial charge in [0.25, 0.3) is 0 Å². The summed E-state index contributed by atoms with van der Waals surface area (Å²) in [5.41, 5.74) is 13.6. The van der Waals surface area contributed by atoms with Gasteiger partial charge in [-0.15, -0.1) is 6.58 Å². The number of nitrogens with zero attached hydrogens (tertiary/aromatic N) is 1. The molecule has 0 radical (unpaired) electrons. The molecule has 0 fully saturated rings. The van der Waals surface area contributed by atoms with E-state index in [-0.39, 0.29) is 11.9 Å². The Morgan fingerprint density at radius 3 is 2.59 bits per heavy atom. The molecule has 3 nitrogen and oxygen atoms in total. The Balaban J connectivity index is 2.34. The van der Waals surface area contributed by atoms with E-state index in [9.17, 15) is 4.39 Å². The van der Waals surface area contributed by atoms with Crippen molar-refractivity contribution in [1.82, 2.24) is 4.57 Å². The minimum Gasteiger partial charge on any atom is -0.398 e. The highest BCUT2D eigenvalue weighted by atomic mass is 19.1. The Kier molecular flexibility index (Phi) is 5.83. The van der Waals surface area contributed by atoms with Crippen molar-refractivity contribution < 1.29 is 4.39 Å². The molecule has 1 aromatic carbocycles. The van der Waals surface area contributed by atoms with Crippen LogP contribution in [-0.2, 0) is 6.42 Å². The van der Waals surface area contributed by atoms with Crippen molar-refractivity contribution in [2.45, 2.75) is 65.8 Å². The molecule has 1 aliphatic rings. The lowest BCUT2D eigenvalue weighted by Crippen LogP contribution is -2.14. The number of aryl methyl sites for hydroxylation is 1. The van der Waals surface area contributed by atoms with Gasteiger partial charge < -0.3 is 15.7 Å². The number of anilines is 1. The molecule has 2 aromatic rings. The first-order valence-corrected chi connectivity index (χ1v) is 10.3. The molecule has 3 N–H and O–H groups in total. The predicted molar refractivity (Wildman–Crippen MR) is 123 cm³/mol. The first-order chi connectivity index (χ1) is 13.6. The van der Waals surface area contributed by atoms with Crippen molar-refractivity contribution in [1.29, 1.82) is 5.41 Å². The fourth-order valence-corrected chi connectivity index (χ4v) is 4.37. The second-order valence-electron chi connectivity index (χ2n) is 8.63. The summed E-state index contributed by atoms with van der Waals surface area (Å²) >= 11 is 0. The maximum absolute atomic E-state index is 14.0. The van der Waals surface area contributed by atoms with E-state index in [1.807, 2.05) is 25.1 Å². The minimum absolute atomic E-state index is 0.0514. The van der Waals surface area contributed by atoms with Gasteiger partial charge in [-0.05, 0) is 75.3 Å². The summed E-state index contributed by atoms with van der Waals surface area (Å²) in [6.45, 7) is 14.1. The van der Waals surface area contributed by atoms with Gasteiger partial charge in [0.2, 0.25) is 0 Å². The zero-order valence-electron chi connectivity index (χ0n) is 18.2. The fourth-order valence-electron chi connectivity index (χ4n) is 4.37. The number of nitrogen functional groups attached to an aromatic ring is 1. The number of nitrogens with one attached hydrogen (secondary N) is 1. The normalized spacial score (nSPS) is 16.9. The standard InChI is InChI=1S/C25H32FN3/c1-14(2)7-9-19-21-12-23(28)20(17(6)27)13-24(21)29(25(19)15(3)4)18-8-10-22(26)16(5)11-18/h10-13,15,18,27H,1,7-9,28H2,2-6H3. The molecule has 1 heterocycles. The quantitative estimate of drug-likeness (QED) is 0.310. The van der Waals surface area contributed by atoms with Gasteiger partial charge >= 0.3 is 0 Å². The predicted octanol–water partition coefficient (Wildman–Crippen LogP) is 6.99. The molecule has 0 spiro atoms. The second kappa shape index (κ2) is 8.02. The number of benzene rings is 1. The summed E-state index contributed by atoms with van der Waals surface area (Å²) in [6, 6.07) is 4.12. The van der Waals surface area contributed by atoms with Crippen LogP contribution in [0.15, 0.2) is 47.8 Å². The van der Waals surface area contributed by atoms with Crippen molar-refractivity contribution in [2.75, 3.05) is 5.73 Å². The molecular weight excluding hydrogens is 361 g/mol. The van der Waals surface area contributed by atoms with Crippen LogP contribution in [0.25, 0.3) is 10.9 Å². The summed E-state index contributed by atoms with van der Waals surface area (Å²) in [5, 5.41) is 9.27. The molecule has 3 rings (SSSR count). The van der Waals surface area contributed by atoms with Gasteiger partial charge in [-0.3, -0.25) is 0 Å². The monoisotopic (exact) mass is 393 g/mol. The number of hydrogen-bond acceptors (Lipinski definition) is 2. The Morgan fingerprint density at radius 1 is 1.34 bits per heavy atom. The van der Waals surface area contributed by atoms with Crippen LogP contribution in [0.3, 0.4) is 0 Å². The molecule has 154 valence electrons. The third kappa shape index (κ3) is 3.93. The van der Waals surface area contributed by atoms with Gasteiger partial charge in [0.05, 0.1) is 6.04 Å². The maximum atomic E-state index is 14.0. The molecule has 1 aliphatic carbocycles. The SMILES string of the molecule is C=C(C)CCc1c(C(C)C)n(C2C=C(C)C(F)=CC2)c2cc(C(C)=N)c(N)cc12. The molecule has 1 aromatic heterocycles. The van der Waals surface area contributed by atoms with Gasteiger partial charge in [-0.1, -0.05) is 25.5 Å². The second-order valence-corrected chi connectivity index (χ2v) is 8.63. The largest absolute Gasteiger partial charge is 0.398 e. The van der Waals surface area contributed by atoms with Gasteiger partial charge in [-0.2, -0.15) is 0 Å². The van der Waals surface area contributed by atoms with Crippen LogP contribution in [0.1, 0.15) is 76.2 Å². The van der Waals surface area contributed by atoms with Crippen molar-refractivity contribution in [3.63, 3.8) is 0 Å². The molecule has 29 heavy (non-hydrogen) atoms. The molecule has 0 saturated carbocycles. The Bertz CT molecular complexity index is 1050. The van der Waals surface area contributed by atoms with Crippen LogP contribution in [0.4, 0.5) is 10.1 Å². The first kappa shape index (κ1) is 21.1. The lowest BCUT2D eigenvalue weighted by molar-refractivity contribution is 0.548. The molecule has 1 unspecified atom stereocenters. The van der Waals surface area contributed by atoms with Gasteiger partial charge in [0.15, 0.2) is 0 Å². The zero-order valence-corrected chi connectivity index (χ0v) is 18.2. The van der Waals surface area contributed by atoms with Crippen LogP contribution in [0.5, 0.6) is 0 Å². The maximum Gasteiger partial charge on any atom is 0.121 e. The van der Waals surface area contributed by atoms with Crippen LogP contribution in [0, 0.1) is 5.41 Å². The summed E-state index contributed by atoms with van der Waals surface area (Å²) in [7, 11) is 0. The molecule has 0 aliphatic heterocycles. The third-order valence-corrected chi connectivity index (χ3v) is 5.76. The molecule has 0 bridgehead atoms. The number of allylic oxidation sites excluding steroid dienone is 5. The van der Waals surface area contributed by atoms with E-state index in [0.29, 0.717) is 29.3 Å². The Hall–Kier alpha value is -2.62. The Labute approximate surface area is 173 Å². The molecular formula is C25H32FN3. The first-order valence-electron chi connectivity index (χ1n) is 10.3. The lowest BCUT2D eigenvalue weighted by Gasteiger charge is -2.24. The van der Waals surface area contributed by atoms with Gasteiger partial charge in [-0.25, -0.2) is 4.39 Å². The number of hydrogen-bond donors (Lipinski definition) is 2. The summed E-state index contributed by atoms with van der Waals surface area (Å²) in [5.74, 6) is 0.171. The zero-order chi connectivity index (χ0) is 21.5. The van der Waals surface area contributed by atoms with E-state index < -0.39 is 0 Å². The highest BCUT2D eigenvalue weighted by Gasteiger charge is 2.26. The van der Waals surface area contributed by atoms with Crippen LogP contribution >= 0.6 is 0 Å². The fraction of sp³-hybridized carbons (Fsp3) is 0.400. The molecule has 4 heteroatoms. The van der Waals surface area contributed by atoms with Gasteiger partial charge in [0, 0.05) is 33.6 Å². The van der Waals surface area contributed by atoms with Crippen LogP contribution < -0.4 is 5.73 Å². The molecule has 0 amide bonds. The van der Waals surface area contributed by atoms with Crippen molar-refractivity contribution in [3.05, 3.63) is 64.7 Å². The molecule has 0 saturated heterocycles. The third-order valence-electron chi connectivity index (χ3n) is 5.76. The smallest absolute Gasteiger partial charge is 0.121 e. The summed E-state index contributed by atoms with van der Waals surface area (Å²) in [6.07, 6.45) is 6.14. The average Bonchev–Trinajstić information content (AvgIpc) is 2.94. The number of fused-ring (bicyclic) bond motifs is 1. The van der Waals surface area contributed by atoms with Crippen molar-refractivity contribution in [3.8, 4) is 0 Å². The highest BCUT2D eigenvalue weighted by molar-refractivity contribution is 6.05. The average molecular weight is 394 g/mol. The highest BCUT2D eigenvalue weighted by Crippen LogP contribution is 2.40. The van der Waals surface area contributed by atoms with Crippen molar-refractivity contribution >= 4 is 22.3 Å². The van der Waals surface area contributed by atoms with E-state index >= 15 is 0 Å². The minimum atomic E-state index is -0.133. The molecule has 1 atom stereocenters.